The first kappa shape index (κ1) is 21.3. The lowest BCUT2D eigenvalue weighted by Crippen LogP contribution is -2.55. The van der Waals surface area contributed by atoms with Crippen LogP contribution in [0.15, 0.2) is 18.2 Å². The number of urea groups is 1. The van der Waals surface area contributed by atoms with E-state index in [1.807, 2.05) is 11.8 Å². The molecule has 1 saturated heterocycles. The average molecular weight is 407 g/mol. The standard InChI is InChI=1S/C17H22ClF3N4O2/c1-3-22-16(27)25-8-6-24(7-9-25)11(2)15(26)23-14-5-4-12(18)10-13(14)17(19,20)21/h4-5,10-11H,3,6-9H2,1-2H3,(H,22,27)(H,23,26). The summed E-state index contributed by atoms with van der Waals surface area (Å²) in [7, 11) is 0. The monoisotopic (exact) mass is 406 g/mol. The van der Waals surface area contributed by atoms with Crippen LogP contribution in [0.4, 0.5) is 23.7 Å². The number of nitrogens with one attached hydrogen (secondary N) is 2. The average Bonchev–Trinajstić information content (AvgIpc) is 2.62. The van der Waals surface area contributed by atoms with E-state index in [4.69, 9.17) is 11.6 Å². The number of carbonyl (C=O) groups excluding carboxylic acids is 2. The third-order valence-electron chi connectivity index (χ3n) is 4.40. The van der Waals surface area contributed by atoms with Crippen LogP contribution >= 0.6 is 11.6 Å². The number of halogens is 4. The topological polar surface area (TPSA) is 64.7 Å². The fourth-order valence-corrected chi connectivity index (χ4v) is 3.01. The molecule has 1 aromatic carbocycles. The van der Waals surface area contributed by atoms with Crippen molar-refractivity contribution in [3.05, 3.63) is 28.8 Å². The molecule has 0 aliphatic carbocycles. The van der Waals surface area contributed by atoms with Crippen molar-refractivity contribution in [3.63, 3.8) is 0 Å². The molecule has 1 aliphatic heterocycles. The highest BCUT2D eigenvalue weighted by atomic mass is 35.5. The summed E-state index contributed by atoms with van der Waals surface area (Å²) < 4.78 is 39.5. The maximum absolute atomic E-state index is 13.2. The number of piperazine rings is 1. The maximum atomic E-state index is 13.2. The second kappa shape index (κ2) is 8.79. The Balaban J connectivity index is 2.00. The molecular weight excluding hydrogens is 385 g/mol. The molecule has 1 fully saturated rings. The number of anilines is 1. The molecule has 6 nitrogen and oxygen atoms in total. The Kier molecular flexibility index (Phi) is 6.94. The zero-order valence-electron chi connectivity index (χ0n) is 15.1. The summed E-state index contributed by atoms with van der Waals surface area (Å²) in [6.45, 7) is 5.78. The summed E-state index contributed by atoms with van der Waals surface area (Å²) in [6.07, 6.45) is -4.63. The quantitative estimate of drug-likeness (QED) is 0.807. The Morgan fingerprint density at radius 1 is 1.22 bits per heavy atom. The van der Waals surface area contributed by atoms with Gasteiger partial charge in [-0.15, -0.1) is 0 Å². The van der Waals surface area contributed by atoms with Crippen LogP contribution in [0.1, 0.15) is 19.4 Å². The molecular formula is C17H22ClF3N4O2. The predicted molar refractivity (Wildman–Crippen MR) is 96.8 cm³/mol. The maximum Gasteiger partial charge on any atom is 0.418 e. The summed E-state index contributed by atoms with van der Waals surface area (Å²) >= 11 is 5.65. The Hall–Kier alpha value is -2.00. The van der Waals surface area contributed by atoms with Crippen LogP contribution in [0.25, 0.3) is 0 Å². The van der Waals surface area contributed by atoms with Crippen molar-refractivity contribution in [2.75, 3.05) is 38.0 Å². The van der Waals surface area contributed by atoms with E-state index >= 15 is 0 Å². The number of amides is 3. The van der Waals surface area contributed by atoms with Crippen molar-refractivity contribution in [1.29, 1.82) is 0 Å². The molecule has 1 heterocycles. The number of carbonyl (C=O) groups is 2. The van der Waals surface area contributed by atoms with Crippen LogP contribution < -0.4 is 10.6 Å². The van der Waals surface area contributed by atoms with Gasteiger partial charge in [0.25, 0.3) is 0 Å². The van der Waals surface area contributed by atoms with E-state index in [0.29, 0.717) is 32.7 Å². The van der Waals surface area contributed by atoms with E-state index in [9.17, 15) is 22.8 Å². The summed E-state index contributed by atoms with van der Waals surface area (Å²) in [5, 5.41) is 4.99. The molecule has 10 heteroatoms. The van der Waals surface area contributed by atoms with Crippen LogP contribution in [0.2, 0.25) is 5.02 Å². The Labute approximate surface area is 160 Å². The molecule has 1 aromatic rings. The molecule has 0 spiro atoms. The molecule has 1 atom stereocenters. The third kappa shape index (κ3) is 5.49. The first-order valence-electron chi connectivity index (χ1n) is 8.58. The molecule has 150 valence electrons. The molecule has 1 aliphatic rings. The highest BCUT2D eigenvalue weighted by molar-refractivity contribution is 6.30. The summed E-state index contributed by atoms with van der Waals surface area (Å²) in [6, 6.07) is 2.42. The third-order valence-corrected chi connectivity index (χ3v) is 4.64. The number of hydrogen-bond donors (Lipinski definition) is 2. The zero-order valence-corrected chi connectivity index (χ0v) is 15.8. The van der Waals surface area contributed by atoms with Crippen molar-refractivity contribution in [1.82, 2.24) is 15.1 Å². The normalized spacial score (nSPS) is 16.7. The number of benzene rings is 1. The van der Waals surface area contributed by atoms with Crippen molar-refractivity contribution < 1.29 is 22.8 Å². The van der Waals surface area contributed by atoms with Crippen LogP contribution in [0.3, 0.4) is 0 Å². The van der Waals surface area contributed by atoms with Gasteiger partial charge in [0, 0.05) is 37.7 Å². The SMILES string of the molecule is CCNC(=O)N1CCN(C(C)C(=O)Nc2ccc(Cl)cc2C(F)(F)F)CC1. The number of rotatable bonds is 4. The van der Waals surface area contributed by atoms with E-state index in [2.05, 4.69) is 10.6 Å². The van der Waals surface area contributed by atoms with Gasteiger partial charge in [0.15, 0.2) is 0 Å². The van der Waals surface area contributed by atoms with Crippen molar-refractivity contribution in [2.24, 2.45) is 0 Å². The van der Waals surface area contributed by atoms with Crippen LogP contribution in [0, 0.1) is 0 Å². The minimum absolute atomic E-state index is 0.0603. The van der Waals surface area contributed by atoms with E-state index < -0.39 is 23.7 Å². The van der Waals surface area contributed by atoms with E-state index in [1.54, 1.807) is 11.8 Å². The highest BCUT2D eigenvalue weighted by Crippen LogP contribution is 2.36. The molecule has 0 radical (unpaired) electrons. The van der Waals surface area contributed by atoms with Gasteiger partial charge in [-0.05, 0) is 32.0 Å². The predicted octanol–water partition coefficient (Wildman–Crippen LogP) is 3.03. The molecule has 3 amide bonds. The molecule has 1 unspecified atom stereocenters. The Morgan fingerprint density at radius 2 is 1.85 bits per heavy atom. The minimum atomic E-state index is -4.63. The minimum Gasteiger partial charge on any atom is -0.338 e. The smallest absolute Gasteiger partial charge is 0.338 e. The van der Waals surface area contributed by atoms with E-state index in [1.165, 1.54) is 6.07 Å². The number of alkyl halides is 3. The molecule has 0 saturated carbocycles. The van der Waals surface area contributed by atoms with Gasteiger partial charge in [-0.1, -0.05) is 11.6 Å². The van der Waals surface area contributed by atoms with Crippen LogP contribution in [-0.4, -0.2) is 60.5 Å². The lowest BCUT2D eigenvalue weighted by molar-refractivity contribution is -0.137. The molecule has 2 N–H and O–H groups in total. The zero-order chi connectivity index (χ0) is 20.2. The first-order chi connectivity index (χ1) is 12.6. The second-order valence-electron chi connectivity index (χ2n) is 6.21. The number of nitrogens with zero attached hydrogens (tertiary/aromatic N) is 2. The number of hydrogen-bond acceptors (Lipinski definition) is 3. The van der Waals surface area contributed by atoms with Gasteiger partial charge in [0.05, 0.1) is 17.3 Å². The molecule has 27 heavy (non-hydrogen) atoms. The Bertz CT molecular complexity index is 691. The van der Waals surface area contributed by atoms with Crippen molar-refractivity contribution in [3.8, 4) is 0 Å². The molecule has 0 bridgehead atoms. The van der Waals surface area contributed by atoms with Crippen molar-refractivity contribution >= 4 is 29.2 Å². The van der Waals surface area contributed by atoms with Gasteiger partial charge >= 0.3 is 12.2 Å². The Morgan fingerprint density at radius 3 is 2.41 bits per heavy atom. The fraction of sp³-hybridized carbons (Fsp3) is 0.529. The van der Waals surface area contributed by atoms with E-state index in [-0.39, 0.29) is 16.7 Å². The molecule has 2 rings (SSSR count). The van der Waals surface area contributed by atoms with Crippen LogP contribution in [0.5, 0.6) is 0 Å². The molecule has 0 aromatic heterocycles. The lowest BCUT2D eigenvalue weighted by Gasteiger charge is -2.37. The van der Waals surface area contributed by atoms with Crippen molar-refractivity contribution in [2.45, 2.75) is 26.1 Å². The van der Waals surface area contributed by atoms with Crippen LogP contribution in [-0.2, 0) is 11.0 Å². The second-order valence-corrected chi connectivity index (χ2v) is 6.65. The summed E-state index contributed by atoms with van der Waals surface area (Å²) in [4.78, 5) is 27.7. The first-order valence-corrected chi connectivity index (χ1v) is 8.95. The van der Waals surface area contributed by atoms with Gasteiger partial charge in [-0.2, -0.15) is 13.2 Å². The van der Waals surface area contributed by atoms with Gasteiger partial charge in [0.1, 0.15) is 0 Å². The summed E-state index contributed by atoms with van der Waals surface area (Å²) in [5.41, 5.74) is -1.32. The lowest BCUT2D eigenvalue weighted by atomic mass is 10.1. The summed E-state index contributed by atoms with van der Waals surface area (Å²) in [5.74, 6) is -0.547. The van der Waals surface area contributed by atoms with Gasteiger partial charge in [-0.3, -0.25) is 9.69 Å². The van der Waals surface area contributed by atoms with Gasteiger partial charge in [0.2, 0.25) is 5.91 Å². The van der Waals surface area contributed by atoms with Gasteiger partial charge in [-0.25, -0.2) is 4.79 Å². The van der Waals surface area contributed by atoms with E-state index in [0.717, 1.165) is 12.1 Å². The highest BCUT2D eigenvalue weighted by Gasteiger charge is 2.35. The largest absolute Gasteiger partial charge is 0.418 e. The fourth-order valence-electron chi connectivity index (χ4n) is 2.84. The van der Waals surface area contributed by atoms with Gasteiger partial charge < -0.3 is 15.5 Å².